The van der Waals surface area contributed by atoms with Gasteiger partial charge in [0.05, 0.1) is 11.4 Å². The molecule has 21 heavy (non-hydrogen) atoms. The van der Waals surface area contributed by atoms with Crippen LogP contribution in [-0.2, 0) is 11.3 Å². The Hall–Kier alpha value is -2.34. The van der Waals surface area contributed by atoms with E-state index in [1.807, 2.05) is 0 Å². The van der Waals surface area contributed by atoms with Crippen molar-refractivity contribution in [3.05, 3.63) is 51.2 Å². The SMILES string of the molecule is Cc1cc(C)n(CC(=O)Nc2cc(Cl)ccc2N)c(=O)n1. The summed E-state index contributed by atoms with van der Waals surface area (Å²) in [5, 5.41) is 3.10. The molecule has 0 bridgehead atoms. The molecule has 1 aromatic carbocycles. The number of halogens is 1. The summed E-state index contributed by atoms with van der Waals surface area (Å²) in [6.07, 6.45) is 0. The highest BCUT2D eigenvalue weighted by Gasteiger charge is 2.10. The van der Waals surface area contributed by atoms with E-state index in [1.54, 1.807) is 38.1 Å². The van der Waals surface area contributed by atoms with Crippen LogP contribution in [0.15, 0.2) is 29.1 Å². The Morgan fingerprint density at radius 1 is 1.38 bits per heavy atom. The molecule has 6 nitrogen and oxygen atoms in total. The predicted octanol–water partition coefficient (Wildman–Crippen LogP) is 1.73. The second kappa shape index (κ2) is 5.97. The molecule has 0 unspecified atom stereocenters. The van der Waals surface area contributed by atoms with Gasteiger partial charge in [0.1, 0.15) is 6.54 Å². The Bertz CT molecular complexity index is 755. The van der Waals surface area contributed by atoms with Gasteiger partial charge in [0.25, 0.3) is 0 Å². The minimum atomic E-state index is -0.457. The van der Waals surface area contributed by atoms with Crippen molar-refractivity contribution in [1.29, 1.82) is 0 Å². The summed E-state index contributed by atoms with van der Waals surface area (Å²) in [6, 6.07) is 6.52. The van der Waals surface area contributed by atoms with Crippen LogP contribution in [0, 0.1) is 13.8 Å². The highest BCUT2D eigenvalue weighted by atomic mass is 35.5. The van der Waals surface area contributed by atoms with Crippen LogP contribution in [0.25, 0.3) is 0 Å². The summed E-state index contributed by atoms with van der Waals surface area (Å²) >= 11 is 5.86. The maximum atomic E-state index is 12.0. The molecule has 110 valence electrons. The number of rotatable bonds is 3. The fourth-order valence-corrected chi connectivity index (χ4v) is 2.11. The largest absolute Gasteiger partial charge is 0.397 e. The first-order valence-electron chi connectivity index (χ1n) is 6.27. The molecule has 0 radical (unpaired) electrons. The van der Waals surface area contributed by atoms with Gasteiger partial charge in [-0.25, -0.2) is 4.79 Å². The van der Waals surface area contributed by atoms with Crippen LogP contribution >= 0.6 is 11.6 Å². The number of benzene rings is 1. The van der Waals surface area contributed by atoms with Gasteiger partial charge in [-0.1, -0.05) is 11.6 Å². The molecule has 0 aliphatic heterocycles. The lowest BCUT2D eigenvalue weighted by molar-refractivity contribution is -0.116. The standard InChI is InChI=1S/C14H15ClN4O2/c1-8-5-9(2)19(14(21)17-8)7-13(20)18-12-6-10(15)3-4-11(12)16/h3-6H,7,16H2,1-2H3,(H,18,20). The number of hydrogen-bond acceptors (Lipinski definition) is 4. The van der Waals surface area contributed by atoms with Crippen molar-refractivity contribution in [1.82, 2.24) is 9.55 Å². The molecule has 1 amide bonds. The van der Waals surface area contributed by atoms with Crippen LogP contribution in [0.4, 0.5) is 11.4 Å². The topological polar surface area (TPSA) is 90.0 Å². The predicted molar refractivity (Wildman–Crippen MR) is 82.5 cm³/mol. The van der Waals surface area contributed by atoms with Gasteiger partial charge in [-0.3, -0.25) is 9.36 Å². The number of hydrogen-bond donors (Lipinski definition) is 2. The highest BCUT2D eigenvalue weighted by Crippen LogP contribution is 2.22. The molecule has 0 aliphatic rings. The fourth-order valence-electron chi connectivity index (χ4n) is 1.94. The lowest BCUT2D eigenvalue weighted by atomic mass is 10.2. The number of nitrogens with two attached hydrogens (primary N) is 1. The molecule has 3 N–H and O–H groups in total. The Morgan fingerprint density at radius 3 is 2.76 bits per heavy atom. The zero-order chi connectivity index (χ0) is 15.6. The lowest BCUT2D eigenvalue weighted by Crippen LogP contribution is -2.31. The maximum Gasteiger partial charge on any atom is 0.348 e. The van der Waals surface area contributed by atoms with Gasteiger partial charge >= 0.3 is 5.69 Å². The summed E-state index contributed by atoms with van der Waals surface area (Å²) in [5.74, 6) is -0.375. The molecule has 1 heterocycles. The average Bonchev–Trinajstić information content (AvgIpc) is 2.38. The maximum absolute atomic E-state index is 12.0. The fraction of sp³-hybridized carbons (Fsp3) is 0.214. The number of aryl methyl sites for hydroxylation is 2. The number of anilines is 2. The van der Waals surface area contributed by atoms with Crippen molar-refractivity contribution in [2.45, 2.75) is 20.4 Å². The number of amides is 1. The van der Waals surface area contributed by atoms with Crippen LogP contribution in [0.1, 0.15) is 11.4 Å². The van der Waals surface area contributed by atoms with Crippen LogP contribution in [0.5, 0.6) is 0 Å². The Kier molecular flexibility index (Phi) is 4.28. The molecule has 0 fully saturated rings. The molecule has 0 saturated heterocycles. The monoisotopic (exact) mass is 306 g/mol. The second-order valence-electron chi connectivity index (χ2n) is 4.69. The number of aromatic nitrogens is 2. The van der Waals surface area contributed by atoms with Crippen molar-refractivity contribution in [3.8, 4) is 0 Å². The Labute approximate surface area is 126 Å². The molecule has 0 spiro atoms. The van der Waals surface area contributed by atoms with Gasteiger partial charge in [0, 0.05) is 16.4 Å². The summed E-state index contributed by atoms with van der Waals surface area (Å²) in [5.41, 5.74) is 7.40. The number of nitrogen functional groups attached to an aromatic ring is 1. The van der Waals surface area contributed by atoms with Crippen molar-refractivity contribution >= 4 is 28.9 Å². The first-order chi connectivity index (χ1) is 9.86. The van der Waals surface area contributed by atoms with Crippen molar-refractivity contribution in [3.63, 3.8) is 0 Å². The molecule has 1 aromatic heterocycles. The summed E-state index contributed by atoms with van der Waals surface area (Å²) in [7, 11) is 0. The smallest absolute Gasteiger partial charge is 0.348 e. The molecule has 0 saturated carbocycles. The third-order valence-corrected chi connectivity index (χ3v) is 3.17. The Balaban J connectivity index is 2.20. The van der Waals surface area contributed by atoms with Gasteiger partial charge in [-0.15, -0.1) is 0 Å². The quantitative estimate of drug-likeness (QED) is 0.845. The zero-order valence-corrected chi connectivity index (χ0v) is 12.4. The van der Waals surface area contributed by atoms with Crippen molar-refractivity contribution in [2.75, 3.05) is 11.1 Å². The van der Waals surface area contributed by atoms with Crippen LogP contribution in [-0.4, -0.2) is 15.5 Å². The van der Waals surface area contributed by atoms with Crippen molar-refractivity contribution in [2.24, 2.45) is 0 Å². The van der Waals surface area contributed by atoms with E-state index in [0.717, 1.165) is 0 Å². The summed E-state index contributed by atoms with van der Waals surface area (Å²) < 4.78 is 1.29. The van der Waals surface area contributed by atoms with E-state index in [9.17, 15) is 9.59 Å². The molecule has 7 heteroatoms. The van der Waals surface area contributed by atoms with E-state index in [1.165, 1.54) is 4.57 Å². The minimum absolute atomic E-state index is 0.135. The normalized spacial score (nSPS) is 10.4. The summed E-state index contributed by atoms with van der Waals surface area (Å²) in [4.78, 5) is 27.6. The average molecular weight is 307 g/mol. The van der Waals surface area contributed by atoms with E-state index in [4.69, 9.17) is 17.3 Å². The van der Waals surface area contributed by atoms with E-state index in [2.05, 4.69) is 10.3 Å². The van der Waals surface area contributed by atoms with Crippen LogP contribution in [0.2, 0.25) is 5.02 Å². The third-order valence-electron chi connectivity index (χ3n) is 2.94. The van der Waals surface area contributed by atoms with Gasteiger partial charge < -0.3 is 11.1 Å². The van der Waals surface area contributed by atoms with Gasteiger partial charge in [-0.05, 0) is 38.1 Å². The zero-order valence-electron chi connectivity index (χ0n) is 11.7. The van der Waals surface area contributed by atoms with Gasteiger partial charge in [-0.2, -0.15) is 4.98 Å². The van der Waals surface area contributed by atoms with Crippen LogP contribution < -0.4 is 16.7 Å². The van der Waals surface area contributed by atoms with Gasteiger partial charge in [0.2, 0.25) is 5.91 Å². The summed E-state index contributed by atoms with van der Waals surface area (Å²) in [6.45, 7) is 3.34. The lowest BCUT2D eigenvalue weighted by Gasteiger charge is -2.11. The van der Waals surface area contributed by atoms with Crippen LogP contribution in [0.3, 0.4) is 0 Å². The molecule has 0 atom stereocenters. The molecule has 2 rings (SSSR count). The molecule has 2 aromatic rings. The van der Waals surface area contributed by atoms with E-state index < -0.39 is 5.69 Å². The third kappa shape index (κ3) is 3.61. The van der Waals surface area contributed by atoms with E-state index in [0.29, 0.717) is 27.8 Å². The highest BCUT2D eigenvalue weighted by molar-refractivity contribution is 6.31. The number of carbonyl (C=O) groups is 1. The minimum Gasteiger partial charge on any atom is -0.397 e. The first-order valence-corrected chi connectivity index (χ1v) is 6.64. The van der Waals surface area contributed by atoms with E-state index in [-0.39, 0.29) is 12.5 Å². The van der Waals surface area contributed by atoms with Gasteiger partial charge in [0.15, 0.2) is 0 Å². The molecule has 0 aliphatic carbocycles. The first kappa shape index (κ1) is 15.1. The molecular weight excluding hydrogens is 292 g/mol. The molecular formula is C14H15ClN4O2. The Morgan fingerprint density at radius 2 is 2.10 bits per heavy atom. The number of carbonyl (C=O) groups excluding carboxylic acids is 1. The number of nitrogens with one attached hydrogen (secondary N) is 1. The number of nitrogens with zero attached hydrogens (tertiary/aromatic N) is 2. The van der Waals surface area contributed by atoms with E-state index >= 15 is 0 Å². The second-order valence-corrected chi connectivity index (χ2v) is 5.12. The van der Waals surface area contributed by atoms with Crippen molar-refractivity contribution < 1.29 is 4.79 Å².